The first-order chi connectivity index (χ1) is 15.2. The minimum absolute atomic E-state index is 0.0820. The topological polar surface area (TPSA) is 79.9 Å². The zero-order chi connectivity index (χ0) is 21.2. The number of amides is 2. The van der Waals surface area contributed by atoms with Gasteiger partial charge in [-0.25, -0.2) is 0 Å². The number of para-hydroxylation sites is 1. The monoisotopic (exact) mass is 415 g/mol. The number of rotatable bonds is 5. The highest BCUT2D eigenvalue weighted by Crippen LogP contribution is 2.37. The standard InChI is InChI=1S/C24H21N3O4/c28-23-12-16(14-27(23)20-10-11-21-22(13-20)31-15-30-21)24(29)26-19-8-6-18(7-9-19)25-17-4-2-1-3-5-17/h1-11,13,16,25H,12,14-15H2,(H,26,29). The molecule has 0 bridgehead atoms. The van der Waals surface area contributed by atoms with Crippen LogP contribution < -0.4 is 25.0 Å². The van der Waals surface area contributed by atoms with Crippen LogP contribution in [0, 0.1) is 5.92 Å². The van der Waals surface area contributed by atoms with E-state index in [0.29, 0.717) is 29.4 Å². The fourth-order valence-electron chi connectivity index (χ4n) is 3.76. The van der Waals surface area contributed by atoms with E-state index in [0.717, 1.165) is 11.4 Å². The maximum absolute atomic E-state index is 12.8. The van der Waals surface area contributed by atoms with Gasteiger partial charge in [-0.3, -0.25) is 9.59 Å². The second kappa shape index (κ2) is 8.02. The van der Waals surface area contributed by atoms with E-state index in [-0.39, 0.29) is 25.0 Å². The summed E-state index contributed by atoms with van der Waals surface area (Å²) in [6.45, 7) is 0.509. The van der Waals surface area contributed by atoms with E-state index in [2.05, 4.69) is 10.6 Å². The molecule has 31 heavy (non-hydrogen) atoms. The van der Waals surface area contributed by atoms with Crippen molar-refractivity contribution in [3.8, 4) is 11.5 Å². The minimum atomic E-state index is -0.417. The Kier molecular flexibility index (Phi) is 4.92. The fraction of sp³-hybridized carbons (Fsp3) is 0.167. The maximum Gasteiger partial charge on any atom is 0.231 e. The van der Waals surface area contributed by atoms with Crippen molar-refractivity contribution >= 4 is 34.6 Å². The Morgan fingerprint density at radius 3 is 2.39 bits per heavy atom. The van der Waals surface area contributed by atoms with Crippen LogP contribution in [-0.4, -0.2) is 25.2 Å². The molecule has 2 aliphatic heterocycles. The van der Waals surface area contributed by atoms with Gasteiger partial charge in [0.1, 0.15) is 0 Å². The number of ether oxygens (including phenoxy) is 2. The molecule has 7 heteroatoms. The van der Waals surface area contributed by atoms with Gasteiger partial charge in [0.15, 0.2) is 11.5 Å². The van der Waals surface area contributed by atoms with Crippen molar-refractivity contribution in [3.63, 3.8) is 0 Å². The number of benzene rings is 3. The normalized spacial score (nSPS) is 17.0. The zero-order valence-electron chi connectivity index (χ0n) is 16.7. The van der Waals surface area contributed by atoms with E-state index >= 15 is 0 Å². The summed E-state index contributed by atoms with van der Waals surface area (Å²) < 4.78 is 10.7. The molecular weight excluding hydrogens is 394 g/mol. The Morgan fingerprint density at radius 1 is 0.871 bits per heavy atom. The van der Waals surface area contributed by atoms with Crippen molar-refractivity contribution in [2.45, 2.75) is 6.42 Å². The molecule has 1 unspecified atom stereocenters. The third-order valence-electron chi connectivity index (χ3n) is 5.38. The molecule has 0 aromatic heterocycles. The summed E-state index contributed by atoms with van der Waals surface area (Å²) in [5.74, 6) is 0.610. The van der Waals surface area contributed by atoms with E-state index in [1.165, 1.54) is 0 Å². The molecule has 3 aromatic rings. The maximum atomic E-state index is 12.8. The number of nitrogens with zero attached hydrogens (tertiary/aromatic N) is 1. The quantitative estimate of drug-likeness (QED) is 0.654. The van der Waals surface area contributed by atoms with Crippen LogP contribution in [0.5, 0.6) is 11.5 Å². The number of anilines is 4. The smallest absolute Gasteiger partial charge is 0.231 e. The number of hydrogen-bond donors (Lipinski definition) is 2. The van der Waals surface area contributed by atoms with Gasteiger partial charge in [0.2, 0.25) is 18.6 Å². The molecule has 7 nitrogen and oxygen atoms in total. The summed E-state index contributed by atoms with van der Waals surface area (Å²) in [5, 5.41) is 6.22. The van der Waals surface area contributed by atoms with Crippen LogP contribution in [-0.2, 0) is 9.59 Å². The molecule has 2 N–H and O–H groups in total. The van der Waals surface area contributed by atoms with Crippen LogP contribution in [0.25, 0.3) is 0 Å². The average molecular weight is 415 g/mol. The first kappa shape index (κ1) is 19.0. The Labute approximate surface area is 179 Å². The second-order valence-corrected chi connectivity index (χ2v) is 7.50. The third-order valence-corrected chi connectivity index (χ3v) is 5.38. The van der Waals surface area contributed by atoms with E-state index in [1.807, 2.05) is 60.7 Å². The predicted octanol–water partition coefficient (Wildman–Crippen LogP) is 4.15. The first-order valence-electron chi connectivity index (χ1n) is 10.1. The van der Waals surface area contributed by atoms with Gasteiger partial charge in [0, 0.05) is 41.8 Å². The molecule has 2 heterocycles. The highest BCUT2D eigenvalue weighted by molar-refractivity contribution is 6.03. The third kappa shape index (κ3) is 4.02. The highest BCUT2D eigenvalue weighted by Gasteiger charge is 2.35. The molecular formula is C24H21N3O4. The molecule has 1 fully saturated rings. The molecule has 0 spiro atoms. The van der Waals surface area contributed by atoms with Gasteiger partial charge in [-0.15, -0.1) is 0 Å². The number of nitrogens with one attached hydrogen (secondary N) is 2. The van der Waals surface area contributed by atoms with Crippen LogP contribution in [0.4, 0.5) is 22.7 Å². The van der Waals surface area contributed by atoms with Gasteiger partial charge in [0.05, 0.1) is 5.92 Å². The number of carbonyl (C=O) groups is 2. The lowest BCUT2D eigenvalue weighted by Crippen LogP contribution is -2.28. The van der Waals surface area contributed by atoms with E-state index in [4.69, 9.17) is 9.47 Å². The molecule has 1 saturated heterocycles. The van der Waals surface area contributed by atoms with Gasteiger partial charge in [-0.05, 0) is 48.5 Å². The van der Waals surface area contributed by atoms with E-state index < -0.39 is 5.92 Å². The Bertz CT molecular complexity index is 1120. The van der Waals surface area contributed by atoms with Gasteiger partial charge in [-0.2, -0.15) is 0 Å². The van der Waals surface area contributed by atoms with Crippen molar-refractivity contribution in [1.82, 2.24) is 0 Å². The average Bonchev–Trinajstić information content (AvgIpc) is 3.42. The lowest BCUT2D eigenvalue weighted by Gasteiger charge is -2.17. The number of carbonyl (C=O) groups excluding carboxylic acids is 2. The summed E-state index contributed by atoms with van der Waals surface area (Å²) in [7, 11) is 0. The number of fused-ring (bicyclic) bond motifs is 1. The van der Waals surface area contributed by atoms with Crippen molar-refractivity contribution in [1.29, 1.82) is 0 Å². The van der Waals surface area contributed by atoms with Crippen molar-refractivity contribution in [3.05, 3.63) is 72.8 Å². The molecule has 3 aromatic carbocycles. The van der Waals surface area contributed by atoms with Crippen molar-refractivity contribution in [2.24, 2.45) is 5.92 Å². The van der Waals surface area contributed by atoms with Gasteiger partial charge < -0.3 is 25.0 Å². The SMILES string of the molecule is O=C(Nc1ccc(Nc2ccccc2)cc1)C1CC(=O)N(c2ccc3c(c2)OCO3)C1. The summed E-state index contributed by atoms with van der Waals surface area (Å²) in [6.07, 6.45) is 0.175. The van der Waals surface area contributed by atoms with Crippen LogP contribution in [0.3, 0.4) is 0 Å². The van der Waals surface area contributed by atoms with Gasteiger partial charge >= 0.3 is 0 Å². The molecule has 1 atom stereocenters. The lowest BCUT2D eigenvalue weighted by molar-refractivity contribution is -0.122. The summed E-state index contributed by atoms with van der Waals surface area (Å²) >= 11 is 0. The second-order valence-electron chi connectivity index (χ2n) is 7.50. The fourth-order valence-corrected chi connectivity index (χ4v) is 3.76. The lowest BCUT2D eigenvalue weighted by atomic mass is 10.1. The van der Waals surface area contributed by atoms with Crippen molar-refractivity contribution in [2.75, 3.05) is 28.9 Å². The van der Waals surface area contributed by atoms with E-state index in [1.54, 1.807) is 17.0 Å². The van der Waals surface area contributed by atoms with Gasteiger partial charge in [-0.1, -0.05) is 18.2 Å². The first-order valence-corrected chi connectivity index (χ1v) is 10.1. The summed E-state index contributed by atoms with van der Waals surface area (Å²) in [6, 6.07) is 22.7. The predicted molar refractivity (Wildman–Crippen MR) is 118 cm³/mol. The zero-order valence-corrected chi connectivity index (χ0v) is 16.7. The molecule has 0 radical (unpaired) electrons. The Hall–Kier alpha value is -4.00. The van der Waals surface area contributed by atoms with Gasteiger partial charge in [0.25, 0.3) is 0 Å². The molecule has 0 aliphatic carbocycles. The Balaban J connectivity index is 1.21. The molecule has 0 saturated carbocycles. The highest BCUT2D eigenvalue weighted by atomic mass is 16.7. The van der Waals surface area contributed by atoms with E-state index in [9.17, 15) is 9.59 Å². The minimum Gasteiger partial charge on any atom is -0.454 e. The number of hydrogen-bond acceptors (Lipinski definition) is 5. The van der Waals surface area contributed by atoms with Crippen LogP contribution >= 0.6 is 0 Å². The molecule has 2 amide bonds. The molecule has 5 rings (SSSR count). The summed E-state index contributed by atoms with van der Waals surface area (Å²) in [5.41, 5.74) is 3.32. The molecule has 2 aliphatic rings. The van der Waals surface area contributed by atoms with Crippen molar-refractivity contribution < 1.29 is 19.1 Å². The van der Waals surface area contributed by atoms with Crippen LogP contribution in [0.1, 0.15) is 6.42 Å². The largest absolute Gasteiger partial charge is 0.454 e. The Morgan fingerprint density at radius 2 is 1.58 bits per heavy atom. The van der Waals surface area contributed by atoms with Crippen LogP contribution in [0.15, 0.2) is 72.8 Å². The van der Waals surface area contributed by atoms with Crippen LogP contribution in [0.2, 0.25) is 0 Å². The summed E-state index contributed by atoms with van der Waals surface area (Å²) in [4.78, 5) is 26.9. The molecule has 156 valence electrons.